The third-order valence-electron chi connectivity index (χ3n) is 5.81. The molecule has 156 valence electrons. The average Bonchev–Trinajstić information content (AvgIpc) is 3.24. The van der Waals surface area contributed by atoms with Crippen LogP contribution in [0.3, 0.4) is 0 Å². The maximum atomic E-state index is 6.08. The number of piperazine rings is 1. The van der Waals surface area contributed by atoms with Crippen molar-refractivity contribution in [3.8, 4) is 5.75 Å². The smallest absolute Gasteiger partial charge is 0.229 e. The van der Waals surface area contributed by atoms with Crippen LogP contribution in [0, 0.1) is 0 Å². The molecular weight excluding hydrogens is 366 g/mol. The van der Waals surface area contributed by atoms with E-state index >= 15 is 0 Å². The molecule has 1 aliphatic carbocycles. The number of ether oxygens (including phenoxy) is 1. The number of nitrogens with two attached hydrogens (primary N) is 1. The molecule has 8 heteroatoms. The van der Waals surface area contributed by atoms with E-state index in [4.69, 9.17) is 10.5 Å². The van der Waals surface area contributed by atoms with Crippen molar-refractivity contribution in [2.75, 3.05) is 61.6 Å². The Morgan fingerprint density at radius 2 is 1.90 bits per heavy atom. The van der Waals surface area contributed by atoms with Gasteiger partial charge in [-0.1, -0.05) is 12.8 Å². The molecule has 29 heavy (non-hydrogen) atoms. The number of nitrogens with one attached hydrogen (secondary N) is 2. The van der Waals surface area contributed by atoms with E-state index < -0.39 is 0 Å². The molecule has 0 atom stereocenters. The van der Waals surface area contributed by atoms with E-state index in [-0.39, 0.29) is 0 Å². The van der Waals surface area contributed by atoms with Crippen molar-refractivity contribution in [1.82, 2.24) is 14.9 Å². The van der Waals surface area contributed by atoms with Crippen LogP contribution in [-0.4, -0.2) is 61.2 Å². The van der Waals surface area contributed by atoms with Crippen LogP contribution in [0.5, 0.6) is 5.75 Å². The summed E-state index contributed by atoms with van der Waals surface area (Å²) in [7, 11) is 3.85. The van der Waals surface area contributed by atoms with Gasteiger partial charge >= 0.3 is 0 Å². The molecule has 0 amide bonds. The normalized spacial score (nSPS) is 18.1. The minimum atomic E-state index is 0.442. The van der Waals surface area contributed by atoms with E-state index in [2.05, 4.69) is 49.6 Å². The topological polar surface area (TPSA) is 91.6 Å². The maximum Gasteiger partial charge on any atom is 0.229 e. The number of likely N-dealkylation sites (N-methyl/N-ethyl adjacent to an activating group) is 1. The highest BCUT2D eigenvalue weighted by molar-refractivity contribution is 5.70. The highest BCUT2D eigenvalue weighted by atomic mass is 16.5. The van der Waals surface area contributed by atoms with Crippen molar-refractivity contribution in [3.63, 3.8) is 0 Å². The predicted molar refractivity (Wildman–Crippen MR) is 118 cm³/mol. The fourth-order valence-electron chi connectivity index (χ4n) is 4.00. The Hall–Kier alpha value is -2.74. The van der Waals surface area contributed by atoms with Crippen LogP contribution in [0.4, 0.5) is 28.8 Å². The van der Waals surface area contributed by atoms with Crippen LogP contribution in [0.1, 0.15) is 25.7 Å². The molecule has 2 fully saturated rings. The number of hydrogen-bond acceptors (Lipinski definition) is 8. The predicted octanol–water partition coefficient (Wildman–Crippen LogP) is 2.92. The summed E-state index contributed by atoms with van der Waals surface area (Å²) in [4.78, 5) is 13.7. The number of nitrogens with zero attached hydrogens (tertiary/aromatic N) is 4. The lowest BCUT2D eigenvalue weighted by atomic mass is 10.2. The van der Waals surface area contributed by atoms with Crippen molar-refractivity contribution in [2.24, 2.45) is 0 Å². The van der Waals surface area contributed by atoms with Crippen molar-refractivity contribution >= 4 is 28.8 Å². The van der Waals surface area contributed by atoms with Gasteiger partial charge in [0.15, 0.2) is 5.82 Å². The Labute approximate surface area is 172 Å². The zero-order chi connectivity index (χ0) is 20.2. The van der Waals surface area contributed by atoms with Gasteiger partial charge in [-0.2, -0.15) is 4.98 Å². The van der Waals surface area contributed by atoms with Crippen molar-refractivity contribution in [2.45, 2.75) is 31.7 Å². The Kier molecular flexibility index (Phi) is 5.89. The van der Waals surface area contributed by atoms with Gasteiger partial charge < -0.3 is 30.9 Å². The summed E-state index contributed by atoms with van der Waals surface area (Å²) >= 11 is 0. The zero-order valence-electron chi connectivity index (χ0n) is 17.3. The molecule has 2 aromatic rings. The fourth-order valence-corrected chi connectivity index (χ4v) is 4.00. The van der Waals surface area contributed by atoms with E-state index in [0.29, 0.717) is 23.5 Å². The largest absolute Gasteiger partial charge is 0.494 e. The summed E-state index contributed by atoms with van der Waals surface area (Å²) in [5.41, 5.74) is 8.65. The number of rotatable bonds is 6. The summed E-state index contributed by atoms with van der Waals surface area (Å²) in [5, 5.41) is 6.75. The summed E-state index contributed by atoms with van der Waals surface area (Å²) in [5.74, 6) is 1.97. The van der Waals surface area contributed by atoms with Crippen LogP contribution in [0.15, 0.2) is 24.4 Å². The second kappa shape index (κ2) is 8.73. The van der Waals surface area contributed by atoms with E-state index in [1.807, 2.05) is 6.07 Å². The molecule has 0 unspecified atom stereocenters. The molecule has 1 saturated carbocycles. The summed E-state index contributed by atoms with van der Waals surface area (Å²) in [6, 6.07) is 6.65. The first-order chi connectivity index (χ1) is 14.1. The molecule has 1 saturated heterocycles. The number of nitrogen functional groups attached to an aromatic ring is 1. The van der Waals surface area contributed by atoms with E-state index in [1.54, 1.807) is 13.3 Å². The third kappa shape index (κ3) is 4.64. The molecule has 0 radical (unpaired) electrons. The van der Waals surface area contributed by atoms with Gasteiger partial charge in [-0.3, -0.25) is 0 Å². The second-order valence-corrected chi connectivity index (χ2v) is 7.92. The van der Waals surface area contributed by atoms with Crippen molar-refractivity contribution in [1.29, 1.82) is 0 Å². The van der Waals surface area contributed by atoms with E-state index in [1.165, 1.54) is 18.5 Å². The number of methoxy groups -OCH3 is 1. The van der Waals surface area contributed by atoms with E-state index in [9.17, 15) is 0 Å². The summed E-state index contributed by atoms with van der Waals surface area (Å²) < 4.78 is 5.64. The Bertz CT molecular complexity index is 830. The summed E-state index contributed by atoms with van der Waals surface area (Å²) in [6.45, 7) is 4.17. The van der Waals surface area contributed by atoms with Gasteiger partial charge in [0.1, 0.15) is 5.75 Å². The van der Waals surface area contributed by atoms with Crippen LogP contribution < -0.4 is 26.0 Å². The first-order valence-electron chi connectivity index (χ1n) is 10.4. The minimum Gasteiger partial charge on any atom is -0.494 e. The van der Waals surface area contributed by atoms with Gasteiger partial charge in [-0.15, -0.1) is 0 Å². The first-order valence-corrected chi connectivity index (χ1v) is 10.4. The first kappa shape index (κ1) is 19.6. The highest BCUT2D eigenvalue weighted by Crippen LogP contribution is 2.32. The number of hydrogen-bond donors (Lipinski definition) is 3. The van der Waals surface area contributed by atoms with Crippen molar-refractivity contribution in [3.05, 3.63) is 24.4 Å². The van der Waals surface area contributed by atoms with Gasteiger partial charge in [0.2, 0.25) is 5.95 Å². The average molecular weight is 398 g/mol. The van der Waals surface area contributed by atoms with Crippen LogP contribution in [-0.2, 0) is 0 Å². The lowest BCUT2D eigenvalue weighted by Gasteiger charge is -2.34. The van der Waals surface area contributed by atoms with E-state index in [0.717, 1.165) is 50.5 Å². The van der Waals surface area contributed by atoms with Gasteiger partial charge in [0.05, 0.1) is 24.7 Å². The Morgan fingerprint density at radius 3 is 2.62 bits per heavy atom. The van der Waals surface area contributed by atoms with Gasteiger partial charge in [-0.25, -0.2) is 4.98 Å². The molecule has 4 N–H and O–H groups in total. The quantitative estimate of drug-likeness (QED) is 0.685. The van der Waals surface area contributed by atoms with Gasteiger partial charge in [-0.05, 0) is 32.0 Å². The third-order valence-corrected chi connectivity index (χ3v) is 5.81. The standard InChI is InChI=1S/C21H31N7O/c1-27-9-11-28(12-10-27)16-7-8-18(19(13-16)29-2)25-21-23-14-17(22)20(26-21)24-15-5-3-4-6-15/h7-8,13-15H,3-6,9-12,22H2,1-2H3,(H2,23,24,25,26). The van der Waals surface area contributed by atoms with Crippen molar-refractivity contribution < 1.29 is 4.74 Å². The molecule has 1 aromatic carbocycles. The maximum absolute atomic E-state index is 6.08. The molecule has 4 rings (SSSR count). The number of aromatic nitrogens is 2. The molecular formula is C21H31N7O. The highest BCUT2D eigenvalue weighted by Gasteiger charge is 2.18. The van der Waals surface area contributed by atoms with Crippen LogP contribution >= 0.6 is 0 Å². The molecule has 2 heterocycles. The minimum absolute atomic E-state index is 0.442. The molecule has 8 nitrogen and oxygen atoms in total. The lowest BCUT2D eigenvalue weighted by Crippen LogP contribution is -2.44. The number of benzene rings is 1. The van der Waals surface area contributed by atoms with Gasteiger partial charge in [0, 0.05) is 44.0 Å². The molecule has 2 aliphatic rings. The monoisotopic (exact) mass is 397 g/mol. The second-order valence-electron chi connectivity index (χ2n) is 7.92. The molecule has 1 aliphatic heterocycles. The van der Waals surface area contributed by atoms with Crippen LogP contribution in [0.2, 0.25) is 0 Å². The SMILES string of the molecule is COc1cc(N2CCN(C)CC2)ccc1Nc1ncc(N)c(NC2CCCC2)n1. The Balaban J connectivity index is 1.49. The number of anilines is 5. The zero-order valence-corrected chi connectivity index (χ0v) is 17.3. The summed E-state index contributed by atoms with van der Waals surface area (Å²) in [6.07, 6.45) is 6.48. The molecule has 0 spiro atoms. The Morgan fingerprint density at radius 1 is 1.14 bits per heavy atom. The van der Waals surface area contributed by atoms with Crippen LogP contribution in [0.25, 0.3) is 0 Å². The fraction of sp³-hybridized carbons (Fsp3) is 0.524. The lowest BCUT2D eigenvalue weighted by molar-refractivity contribution is 0.312. The van der Waals surface area contributed by atoms with Gasteiger partial charge in [0.25, 0.3) is 0 Å². The molecule has 1 aromatic heterocycles. The molecule has 0 bridgehead atoms.